The van der Waals surface area contributed by atoms with E-state index in [2.05, 4.69) is 13.5 Å². The summed E-state index contributed by atoms with van der Waals surface area (Å²) in [6.45, 7) is 0.729. The summed E-state index contributed by atoms with van der Waals surface area (Å²) in [5, 5.41) is 10.4. The summed E-state index contributed by atoms with van der Waals surface area (Å²) in [7, 11) is -3.84. The molecule has 0 bridgehead atoms. The zero-order chi connectivity index (χ0) is 18.1. The average molecular weight is 393 g/mol. The largest absolute Gasteiger partial charge is 0.486 e. The van der Waals surface area contributed by atoms with Crippen LogP contribution in [0, 0.1) is 0 Å². The second kappa shape index (κ2) is 6.80. The van der Waals surface area contributed by atoms with Crippen molar-refractivity contribution in [1.82, 2.24) is 13.5 Å². The van der Waals surface area contributed by atoms with E-state index in [1.807, 2.05) is 0 Å². The van der Waals surface area contributed by atoms with Gasteiger partial charge in [0, 0.05) is 6.54 Å². The van der Waals surface area contributed by atoms with E-state index < -0.39 is 16.1 Å². The molecular weight excluding hydrogens is 378 g/mol. The number of hydrogen-bond acceptors (Lipinski definition) is 8. The third-order valence-electron chi connectivity index (χ3n) is 3.96. The first-order valence-electron chi connectivity index (χ1n) is 7.83. The number of nitrogens with one attached hydrogen (secondary N) is 1. The van der Waals surface area contributed by atoms with Crippen molar-refractivity contribution in [2.45, 2.75) is 11.0 Å². The molecule has 1 unspecified atom stereocenters. The van der Waals surface area contributed by atoms with E-state index in [-0.39, 0.29) is 11.4 Å². The zero-order valence-corrected chi connectivity index (χ0v) is 15.1. The quantitative estimate of drug-likeness (QED) is 0.675. The smallest absolute Gasteiger partial charge is 0.242 e. The predicted molar refractivity (Wildman–Crippen MR) is 95.0 cm³/mol. The predicted octanol–water partition coefficient (Wildman–Crippen LogP) is 1.47. The molecule has 0 amide bonds. The van der Waals surface area contributed by atoms with Crippen LogP contribution in [0.15, 0.2) is 41.3 Å². The highest BCUT2D eigenvalue weighted by atomic mass is 32.2. The minimum absolute atomic E-state index is 0.0399. The molecule has 0 radical (unpaired) electrons. The molecular formula is C16H15N3O5S2. The van der Waals surface area contributed by atoms with Crippen LogP contribution in [0.2, 0.25) is 0 Å². The normalized spacial score (nSPS) is 15.1. The van der Waals surface area contributed by atoms with Gasteiger partial charge < -0.3 is 14.6 Å². The number of ether oxygens (including phenoxy) is 2. The molecule has 26 heavy (non-hydrogen) atoms. The average Bonchev–Trinajstić information content (AvgIpc) is 3.14. The number of sulfonamides is 1. The number of hydrogen-bond donors (Lipinski definition) is 2. The van der Waals surface area contributed by atoms with Gasteiger partial charge in [-0.25, -0.2) is 13.1 Å². The summed E-state index contributed by atoms with van der Waals surface area (Å²) in [5.74, 6) is 1.14. The zero-order valence-electron chi connectivity index (χ0n) is 13.5. The van der Waals surface area contributed by atoms with Gasteiger partial charge in [-0.05, 0) is 29.8 Å². The molecule has 0 fully saturated rings. The van der Waals surface area contributed by atoms with Gasteiger partial charge in [-0.3, -0.25) is 0 Å². The van der Waals surface area contributed by atoms with Crippen molar-refractivity contribution in [2.24, 2.45) is 0 Å². The molecule has 2 heterocycles. The van der Waals surface area contributed by atoms with Crippen LogP contribution in [0.25, 0.3) is 11.0 Å². The molecule has 2 aromatic carbocycles. The Morgan fingerprint density at radius 1 is 1.15 bits per heavy atom. The summed E-state index contributed by atoms with van der Waals surface area (Å²) in [6.07, 6.45) is -1.03. The van der Waals surface area contributed by atoms with Crippen LogP contribution in [0.1, 0.15) is 11.7 Å². The number of nitrogens with zero attached hydrogens (tertiary/aromatic N) is 2. The van der Waals surface area contributed by atoms with Crippen LogP contribution in [0.3, 0.4) is 0 Å². The highest BCUT2D eigenvalue weighted by Gasteiger charge is 2.22. The van der Waals surface area contributed by atoms with Gasteiger partial charge in [0.2, 0.25) is 10.0 Å². The van der Waals surface area contributed by atoms with Crippen LogP contribution < -0.4 is 14.2 Å². The summed E-state index contributed by atoms with van der Waals surface area (Å²) in [4.78, 5) is 0.0399. The summed E-state index contributed by atoms with van der Waals surface area (Å²) < 4.78 is 46.6. The maximum absolute atomic E-state index is 12.6. The number of aliphatic hydroxyl groups excluding tert-OH is 1. The minimum Gasteiger partial charge on any atom is -0.486 e. The molecule has 0 saturated heterocycles. The Bertz CT molecular complexity index is 1050. The molecule has 8 nitrogen and oxygen atoms in total. The topological polar surface area (TPSA) is 111 Å². The lowest BCUT2D eigenvalue weighted by atomic mass is 10.1. The van der Waals surface area contributed by atoms with E-state index in [9.17, 15) is 13.5 Å². The Morgan fingerprint density at radius 3 is 2.81 bits per heavy atom. The molecule has 1 aliphatic heterocycles. The Balaban J connectivity index is 1.52. The first-order valence-corrected chi connectivity index (χ1v) is 10.0. The van der Waals surface area contributed by atoms with Gasteiger partial charge in [-0.15, -0.1) is 0 Å². The van der Waals surface area contributed by atoms with Crippen molar-refractivity contribution >= 4 is 32.8 Å². The van der Waals surface area contributed by atoms with Gasteiger partial charge in [-0.2, -0.15) is 8.75 Å². The maximum atomic E-state index is 12.6. The van der Waals surface area contributed by atoms with Gasteiger partial charge in [-0.1, -0.05) is 12.1 Å². The molecule has 4 rings (SSSR count). The van der Waals surface area contributed by atoms with Gasteiger partial charge >= 0.3 is 0 Å². The van der Waals surface area contributed by atoms with Crippen LogP contribution in [-0.2, 0) is 10.0 Å². The fourth-order valence-electron chi connectivity index (χ4n) is 2.65. The third-order valence-corrected chi connectivity index (χ3v) is 5.95. The number of aromatic nitrogens is 2. The van der Waals surface area contributed by atoms with Gasteiger partial charge in [0.15, 0.2) is 11.5 Å². The number of aliphatic hydroxyl groups is 1. The summed E-state index contributed by atoms with van der Waals surface area (Å²) in [5.41, 5.74) is 1.37. The SMILES string of the molecule is O=S(=O)(NCC(O)c1ccc2c(c1)OCCO2)c1cccc2nsnc12. The first kappa shape index (κ1) is 17.2. The highest BCUT2D eigenvalue weighted by molar-refractivity contribution is 7.89. The van der Waals surface area contributed by atoms with E-state index in [1.54, 1.807) is 30.3 Å². The molecule has 3 aromatic rings. The van der Waals surface area contributed by atoms with E-state index in [4.69, 9.17) is 9.47 Å². The van der Waals surface area contributed by atoms with Crippen LogP contribution >= 0.6 is 11.7 Å². The standard InChI is InChI=1S/C16H15N3O5S2/c20-12(10-4-5-13-14(8-10)24-7-6-23-13)9-17-26(21,22)15-3-1-2-11-16(15)19-25-18-11/h1-5,8,12,17,20H,6-7,9H2. The fraction of sp³-hybridized carbons (Fsp3) is 0.250. The Morgan fingerprint density at radius 2 is 1.96 bits per heavy atom. The van der Waals surface area contributed by atoms with Crippen LogP contribution in [0.4, 0.5) is 0 Å². The van der Waals surface area contributed by atoms with Crippen LogP contribution in [0.5, 0.6) is 11.5 Å². The Hall–Kier alpha value is -2.27. The second-order valence-electron chi connectivity index (χ2n) is 5.66. The van der Waals surface area contributed by atoms with Gasteiger partial charge in [0.25, 0.3) is 0 Å². The molecule has 0 spiro atoms. The molecule has 0 aliphatic carbocycles. The molecule has 1 aliphatic rings. The molecule has 1 atom stereocenters. The molecule has 2 N–H and O–H groups in total. The molecule has 10 heteroatoms. The number of benzene rings is 2. The highest BCUT2D eigenvalue weighted by Crippen LogP contribution is 2.32. The summed E-state index contributed by atoms with van der Waals surface area (Å²) in [6, 6.07) is 9.79. The fourth-order valence-corrected chi connectivity index (χ4v) is 4.45. The van der Waals surface area contributed by atoms with E-state index >= 15 is 0 Å². The maximum Gasteiger partial charge on any atom is 0.242 e. The number of fused-ring (bicyclic) bond motifs is 2. The van der Waals surface area contributed by atoms with Gasteiger partial charge in [0.05, 0.1) is 17.8 Å². The van der Waals surface area contributed by atoms with E-state index in [1.165, 1.54) is 6.07 Å². The van der Waals surface area contributed by atoms with Crippen molar-refractivity contribution in [3.8, 4) is 11.5 Å². The van der Waals surface area contributed by atoms with E-state index in [0.717, 1.165) is 11.7 Å². The second-order valence-corrected chi connectivity index (χ2v) is 7.92. The lowest BCUT2D eigenvalue weighted by Crippen LogP contribution is -2.28. The summed E-state index contributed by atoms with van der Waals surface area (Å²) >= 11 is 0.950. The lowest BCUT2D eigenvalue weighted by molar-refractivity contribution is 0.165. The molecule has 136 valence electrons. The van der Waals surface area contributed by atoms with Crippen molar-refractivity contribution in [1.29, 1.82) is 0 Å². The van der Waals surface area contributed by atoms with Crippen molar-refractivity contribution in [2.75, 3.05) is 19.8 Å². The molecule has 1 aromatic heterocycles. The van der Waals surface area contributed by atoms with Gasteiger partial charge in [0.1, 0.15) is 29.1 Å². The lowest BCUT2D eigenvalue weighted by Gasteiger charge is -2.20. The Labute approximate surface area is 153 Å². The first-order chi connectivity index (χ1) is 12.5. The van der Waals surface area contributed by atoms with Crippen LogP contribution in [-0.4, -0.2) is 42.0 Å². The van der Waals surface area contributed by atoms with Crippen molar-refractivity contribution < 1.29 is 23.0 Å². The van der Waals surface area contributed by atoms with Crippen molar-refractivity contribution in [3.63, 3.8) is 0 Å². The number of rotatable bonds is 5. The Kier molecular flexibility index (Phi) is 4.49. The van der Waals surface area contributed by atoms with E-state index in [0.29, 0.717) is 41.3 Å². The van der Waals surface area contributed by atoms with Crippen molar-refractivity contribution in [3.05, 3.63) is 42.0 Å². The minimum atomic E-state index is -3.84. The molecule has 0 saturated carbocycles. The monoisotopic (exact) mass is 393 g/mol. The third kappa shape index (κ3) is 3.23.